The Labute approximate surface area is 108 Å². The Kier molecular flexibility index (Phi) is 6.50. The van der Waals surface area contributed by atoms with Crippen molar-refractivity contribution in [3.63, 3.8) is 0 Å². The molecule has 0 aliphatic rings. The van der Waals surface area contributed by atoms with E-state index >= 15 is 0 Å². The normalized spacial score (nSPS) is 10.3. The van der Waals surface area contributed by atoms with Gasteiger partial charge in [0.15, 0.2) is 0 Å². The molecule has 0 heterocycles. The van der Waals surface area contributed by atoms with E-state index in [-0.39, 0.29) is 0 Å². The van der Waals surface area contributed by atoms with E-state index in [0.717, 1.165) is 11.3 Å². The van der Waals surface area contributed by atoms with E-state index < -0.39 is 0 Å². The molecular weight excluding hydrogens is 234 g/mol. The van der Waals surface area contributed by atoms with Crippen LogP contribution in [0.15, 0.2) is 24.3 Å². The second-order valence-electron chi connectivity index (χ2n) is 3.78. The summed E-state index contributed by atoms with van der Waals surface area (Å²) in [6.45, 7) is 2.23. The molecule has 1 rings (SSSR count). The largest absolute Gasteiger partial charge is 0.389 e. The summed E-state index contributed by atoms with van der Waals surface area (Å²) < 4.78 is 0. The van der Waals surface area contributed by atoms with E-state index in [1.807, 2.05) is 30.0 Å². The van der Waals surface area contributed by atoms with Crippen molar-refractivity contribution in [3.05, 3.63) is 35.4 Å². The van der Waals surface area contributed by atoms with Crippen molar-refractivity contribution in [1.29, 1.82) is 0 Å². The number of rotatable bonds is 7. The lowest BCUT2D eigenvalue weighted by Crippen LogP contribution is -2.11. The summed E-state index contributed by atoms with van der Waals surface area (Å²) in [7, 11) is 0. The Balaban J connectivity index is 2.44. The molecule has 0 bridgehead atoms. The molecule has 3 heteroatoms. The fraction of sp³-hybridized carbons (Fsp3) is 0.462. The van der Waals surface area contributed by atoms with Crippen molar-refractivity contribution in [3.8, 4) is 0 Å². The third-order valence-electron chi connectivity index (χ3n) is 2.43. The third kappa shape index (κ3) is 4.54. The molecule has 0 amide bonds. The lowest BCUT2D eigenvalue weighted by atomic mass is 10.1. The average Bonchev–Trinajstić information content (AvgIpc) is 2.29. The fourth-order valence-corrected chi connectivity index (χ4v) is 2.75. The highest BCUT2D eigenvalue weighted by molar-refractivity contribution is 7.98. The van der Waals surface area contributed by atoms with Gasteiger partial charge in [-0.2, -0.15) is 11.8 Å². The number of hydrogen-bond donors (Lipinski definition) is 1. The monoisotopic (exact) mass is 253 g/mol. The summed E-state index contributed by atoms with van der Waals surface area (Å²) in [6.07, 6.45) is 3.91. The van der Waals surface area contributed by atoms with Crippen LogP contribution in [0, 0.1) is 0 Å². The molecule has 1 nitrogen and oxygen atoms in total. The number of nitrogens with two attached hydrogens (primary N) is 1. The Hall–Kier alpha value is -0.540. The van der Waals surface area contributed by atoms with Crippen LogP contribution in [-0.4, -0.2) is 10.7 Å². The zero-order chi connectivity index (χ0) is 11.8. The number of hydrogen-bond acceptors (Lipinski definition) is 2. The third-order valence-corrected chi connectivity index (χ3v) is 3.75. The van der Waals surface area contributed by atoms with E-state index in [1.165, 1.54) is 30.6 Å². The van der Waals surface area contributed by atoms with Gasteiger partial charge in [-0.3, -0.25) is 0 Å². The number of thiocarbonyl (C=S) groups is 1. The van der Waals surface area contributed by atoms with Gasteiger partial charge in [0.2, 0.25) is 0 Å². The van der Waals surface area contributed by atoms with Crippen LogP contribution >= 0.6 is 24.0 Å². The van der Waals surface area contributed by atoms with E-state index in [0.29, 0.717) is 4.99 Å². The molecule has 0 fully saturated rings. The first-order chi connectivity index (χ1) is 7.75. The van der Waals surface area contributed by atoms with Crippen LogP contribution in [0.4, 0.5) is 0 Å². The molecule has 1 aromatic carbocycles. The van der Waals surface area contributed by atoms with Crippen LogP contribution in [0.25, 0.3) is 0 Å². The Morgan fingerprint density at radius 2 is 2.06 bits per heavy atom. The smallest absolute Gasteiger partial charge is 0.104 e. The van der Waals surface area contributed by atoms with Gasteiger partial charge >= 0.3 is 0 Å². The van der Waals surface area contributed by atoms with Gasteiger partial charge in [-0.25, -0.2) is 0 Å². The van der Waals surface area contributed by atoms with Gasteiger partial charge in [0.1, 0.15) is 4.99 Å². The minimum atomic E-state index is 0.504. The molecule has 0 aliphatic heterocycles. The molecule has 16 heavy (non-hydrogen) atoms. The SMILES string of the molecule is CCCCCSCc1ccccc1C(N)=S. The van der Waals surface area contributed by atoms with Crippen LogP contribution in [0.3, 0.4) is 0 Å². The van der Waals surface area contributed by atoms with Crippen LogP contribution in [-0.2, 0) is 5.75 Å². The first kappa shape index (κ1) is 13.5. The second-order valence-corrected chi connectivity index (χ2v) is 5.33. The number of thioether (sulfide) groups is 1. The minimum Gasteiger partial charge on any atom is -0.389 e. The predicted molar refractivity (Wildman–Crippen MR) is 78.0 cm³/mol. The molecule has 0 spiro atoms. The summed E-state index contributed by atoms with van der Waals surface area (Å²) in [4.78, 5) is 0.504. The number of benzene rings is 1. The molecule has 0 saturated heterocycles. The number of unbranched alkanes of at least 4 members (excludes halogenated alkanes) is 2. The summed E-state index contributed by atoms with van der Waals surface area (Å²) in [5.41, 5.74) is 7.98. The van der Waals surface area contributed by atoms with Crippen LogP contribution < -0.4 is 5.73 Å². The van der Waals surface area contributed by atoms with E-state index in [4.69, 9.17) is 18.0 Å². The maximum atomic E-state index is 5.69. The van der Waals surface area contributed by atoms with E-state index in [9.17, 15) is 0 Å². The fourth-order valence-electron chi connectivity index (χ4n) is 1.52. The van der Waals surface area contributed by atoms with E-state index in [2.05, 4.69) is 13.0 Å². The highest BCUT2D eigenvalue weighted by atomic mass is 32.2. The molecule has 0 radical (unpaired) electrons. The van der Waals surface area contributed by atoms with Gasteiger partial charge < -0.3 is 5.73 Å². The quantitative estimate of drug-likeness (QED) is 0.592. The molecule has 88 valence electrons. The van der Waals surface area contributed by atoms with Gasteiger partial charge in [-0.1, -0.05) is 56.2 Å². The molecular formula is C13H19NS2. The van der Waals surface area contributed by atoms with Gasteiger partial charge in [0, 0.05) is 11.3 Å². The maximum absolute atomic E-state index is 5.69. The summed E-state index contributed by atoms with van der Waals surface area (Å²) in [6, 6.07) is 8.15. The second kappa shape index (κ2) is 7.69. The van der Waals surface area contributed by atoms with Crippen LogP contribution in [0.1, 0.15) is 37.3 Å². The minimum absolute atomic E-state index is 0.504. The molecule has 2 N–H and O–H groups in total. The summed E-state index contributed by atoms with van der Waals surface area (Å²) in [5.74, 6) is 2.23. The molecule has 1 aromatic rings. The molecule has 0 atom stereocenters. The average molecular weight is 253 g/mol. The first-order valence-corrected chi connectivity index (χ1v) is 7.27. The van der Waals surface area contributed by atoms with Gasteiger partial charge in [0.05, 0.1) is 0 Å². The van der Waals surface area contributed by atoms with Crippen molar-refractivity contribution in [2.45, 2.75) is 31.9 Å². The van der Waals surface area contributed by atoms with Crippen LogP contribution in [0.5, 0.6) is 0 Å². The topological polar surface area (TPSA) is 26.0 Å². The maximum Gasteiger partial charge on any atom is 0.104 e. The molecule has 0 aliphatic carbocycles. The molecule has 0 aromatic heterocycles. The van der Waals surface area contributed by atoms with Crippen molar-refractivity contribution >= 4 is 29.0 Å². The lowest BCUT2D eigenvalue weighted by Gasteiger charge is -2.07. The summed E-state index contributed by atoms with van der Waals surface area (Å²) >= 11 is 7.00. The van der Waals surface area contributed by atoms with Gasteiger partial charge in [0.25, 0.3) is 0 Å². The Morgan fingerprint density at radius 1 is 1.31 bits per heavy atom. The van der Waals surface area contributed by atoms with E-state index in [1.54, 1.807) is 0 Å². The highest BCUT2D eigenvalue weighted by Gasteiger charge is 2.03. The predicted octanol–water partition coefficient (Wildman–Crippen LogP) is 3.74. The molecule has 0 unspecified atom stereocenters. The zero-order valence-electron chi connectivity index (χ0n) is 9.74. The van der Waals surface area contributed by atoms with Crippen molar-refractivity contribution < 1.29 is 0 Å². The Bertz CT molecular complexity index is 336. The first-order valence-electron chi connectivity index (χ1n) is 5.71. The van der Waals surface area contributed by atoms with Crippen molar-refractivity contribution in [2.75, 3.05) is 5.75 Å². The van der Waals surface area contributed by atoms with Crippen molar-refractivity contribution in [1.82, 2.24) is 0 Å². The Morgan fingerprint density at radius 3 is 2.75 bits per heavy atom. The zero-order valence-corrected chi connectivity index (χ0v) is 11.4. The molecule has 0 saturated carbocycles. The van der Waals surface area contributed by atoms with Crippen LogP contribution in [0.2, 0.25) is 0 Å². The lowest BCUT2D eigenvalue weighted by molar-refractivity contribution is 0.778. The standard InChI is InChI=1S/C13H19NS2/c1-2-3-6-9-16-10-11-7-4-5-8-12(11)13(14)15/h4-5,7-8H,2-3,6,9-10H2,1H3,(H2,14,15). The van der Waals surface area contributed by atoms with Crippen molar-refractivity contribution in [2.24, 2.45) is 5.73 Å². The summed E-state index contributed by atoms with van der Waals surface area (Å²) in [5, 5.41) is 0. The van der Waals surface area contributed by atoms with Gasteiger partial charge in [-0.15, -0.1) is 0 Å². The van der Waals surface area contributed by atoms with Gasteiger partial charge in [-0.05, 0) is 17.7 Å². The highest BCUT2D eigenvalue weighted by Crippen LogP contribution is 2.17.